The zero-order valence-electron chi connectivity index (χ0n) is 16.0. The summed E-state index contributed by atoms with van der Waals surface area (Å²) in [5.74, 6) is 1.58. The van der Waals surface area contributed by atoms with Gasteiger partial charge in [-0.05, 0) is 24.1 Å². The summed E-state index contributed by atoms with van der Waals surface area (Å²) in [6.07, 6.45) is 0.902. The Hall–Kier alpha value is -2.52. The van der Waals surface area contributed by atoms with Crippen molar-refractivity contribution < 1.29 is 23.8 Å². The van der Waals surface area contributed by atoms with Crippen LogP contribution in [0.1, 0.15) is 24.4 Å². The van der Waals surface area contributed by atoms with Gasteiger partial charge in [-0.25, -0.2) is 10.9 Å². The molecule has 1 aromatic carbocycles. The summed E-state index contributed by atoms with van der Waals surface area (Å²) in [4.78, 5) is 25.8. The maximum atomic E-state index is 12.5. The SMILES string of the molecule is COc1cc(C2CC(C(=O)NC3CC(=O)N(C)C3)NN2)cc(OC)c1OC. The van der Waals surface area contributed by atoms with Crippen molar-refractivity contribution in [1.82, 2.24) is 21.1 Å². The van der Waals surface area contributed by atoms with Crippen LogP contribution in [0.2, 0.25) is 0 Å². The van der Waals surface area contributed by atoms with Crippen molar-refractivity contribution in [2.45, 2.75) is 31.0 Å². The van der Waals surface area contributed by atoms with Crippen LogP contribution in [0.25, 0.3) is 0 Å². The van der Waals surface area contributed by atoms with Gasteiger partial charge in [-0.15, -0.1) is 0 Å². The third-order valence-corrected chi connectivity index (χ3v) is 5.00. The number of nitrogens with one attached hydrogen (secondary N) is 3. The molecule has 1 aromatic rings. The van der Waals surface area contributed by atoms with Crippen LogP contribution < -0.4 is 30.4 Å². The van der Waals surface area contributed by atoms with Gasteiger partial charge >= 0.3 is 0 Å². The number of nitrogens with zero attached hydrogens (tertiary/aromatic N) is 1. The number of rotatable bonds is 6. The quantitative estimate of drug-likeness (QED) is 0.639. The molecule has 0 spiro atoms. The maximum absolute atomic E-state index is 12.5. The molecule has 9 heteroatoms. The third kappa shape index (κ3) is 3.93. The Labute approximate surface area is 158 Å². The van der Waals surface area contributed by atoms with Crippen LogP contribution in [0, 0.1) is 0 Å². The number of hydrazine groups is 1. The van der Waals surface area contributed by atoms with Crippen molar-refractivity contribution >= 4 is 11.8 Å². The molecule has 0 radical (unpaired) electrons. The van der Waals surface area contributed by atoms with E-state index >= 15 is 0 Å². The first-order valence-electron chi connectivity index (χ1n) is 8.82. The van der Waals surface area contributed by atoms with E-state index in [1.165, 1.54) is 0 Å². The van der Waals surface area contributed by atoms with E-state index in [4.69, 9.17) is 14.2 Å². The zero-order valence-corrected chi connectivity index (χ0v) is 16.0. The summed E-state index contributed by atoms with van der Waals surface area (Å²) in [5.41, 5.74) is 7.10. The lowest BCUT2D eigenvalue weighted by Crippen LogP contribution is -2.47. The predicted octanol–water partition coefficient (Wildman–Crippen LogP) is -0.0331. The molecule has 3 unspecified atom stereocenters. The molecule has 2 aliphatic rings. The molecule has 3 rings (SSSR count). The summed E-state index contributed by atoms with van der Waals surface area (Å²) in [6, 6.07) is 3.10. The Bertz CT molecular complexity index is 701. The molecular weight excluding hydrogens is 352 g/mol. The van der Waals surface area contributed by atoms with Crippen LogP contribution in [0.4, 0.5) is 0 Å². The summed E-state index contributed by atoms with van der Waals surface area (Å²) in [7, 11) is 6.43. The van der Waals surface area contributed by atoms with Crippen molar-refractivity contribution in [2.75, 3.05) is 34.9 Å². The van der Waals surface area contributed by atoms with Crippen LogP contribution in [-0.2, 0) is 9.59 Å². The Balaban J connectivity index is 1.67. The normalized spacial score (nSPS) is 24.8. The van der Waals surface area contributed by atoms with Crippen LogP contribution in [0.5, 0.6) is 17.2 Å². The Kier molecular flexibility index (Phi) is 5.71. The highest BCUT2D eigenvalue weighted by atomic mass is 16.5. The summed E-state index contributed by atoms with van der Waals surface area (Å²) in [5, 5.41) is 2.94. The molecule has 0 aliphatic carbocycles. The Morgan fingerprint density at radius 3 is 2.33 bits per heavy atom. The number of benzene rings is 1. The van der Waals surface area contributed by atoms with Crippen molar-refractivity contribution in [1.29, 1.82) is 0 Å². The van der Waals surface area contributed by atoms with Gasteiger partial charge < -0.3 is 24.4 Å². The summed E-state index contributed by atoms with van der Waals surface area (Å²) in [6.45, 7) is 0.543. The number of hydrogen-bond acceptors (Lipinski definition) is 7. The first-order chi connectivity index (χ1) is 13.0. The van der Waals surface area contributed by atoms with Crippen molar-refractivity contribution in [3.05, 3.63) is 17.7 Å². The fourth-order valence-electron chi connectivity index (χ4n) is 3.51. The smallest absolute Gasteiger partial charge is 0.238 e. The number of ether oxygens (including phenoxy) is 3. The van der Waals surface area contributed by atoms with Gasteiger partial charge in [-0.3, -0.25) is 9.59 Å². The molecule has 2 aliphatic heterocycles. The minimum Gasteiger partial charge on any atom is -0.493 e. The molecule has 0 bridgehead atoms. The number of hydrogen-bond donors (Lipinski definition) is 3. The number of carbonyl (C=O) groups is 2. The minimum atomic E-state index is -0.393. The fraction of sp³-hybridized carbons (Fsp3) is 0.556. The lowest BCUT2D eigenvalue weighted by atomic mass is 10.0. The van der Waals surface area contributed by atoms with E-state index in [0.29, 0.717) is 36.6 Å². The van der Waals surface area contributed by atoms with Gasteiger partial charge in [0.15, 0.2) is 11.5 Å². The molecule has 0 aromatic heterocycles. The second kappa shape index (κ2) is 8.01. The molecule has 9 nitrogen and oxygen atoms in total. The molecule has 27 heavy (non-hydrogen) atoms. The lowest BCUT2D eigenvalue weighted by molar-refractivity contribution is -0.126. The van der Waals surface area contributed by atoms with E-state index in [0.717, 1.165) is 5.56 Å². The van der Waals surface area contributed by atoms with Crippen LogP contribution in [0.15, 0.2) is 12.1 Å². The van der Waals surface area contributed by atoms with Gasteiger partial charge in [-0.1, -0.05) is 0 Å². The molecule has 0 saturated carbocycles. The standard InChI is InChI=1S/C18H26N4O5/c1-22-9-11(7-16(22)23)19-18(24)13-8-12(20-21-13)10-5-14(25-2)17(27-4)15(6-10)26-3/h5-6,11-13,20-21H,7-9H2,1-4H3,(H,19,24). The first-order valence-corrected chi connectivity index (χ1v) is 8.82. The van der Waals surface area contributed by atoms with Gasteiger partial charge in [-0.2, -0.15) is 0 Å². The molecule has 2 amide bonds. The maximum Gasteiger partial charge on any atom is 0.238 e. The third-order valence-electron chi connectivity index (χ3n) is 5.00. The van der Waals surface area contributed by atoms with Gasteiger partial charge in [0.1, 0.15) is 6.04 Å². The van der Waals surface area contributed by atoms with E-state index in [-0.39, 0.29) is 23.9 Å². The summed E-state index contributed by atoms with van der Waals surface area (Å²) >= 11 is 0. The first kappa shape index (κ1) is 19.2. The number of likely N-dealkylation sites (N-methyl/N-ethyl adjacent to an activating group) is 1. The van der Waals surface area contributed by atoms with E-state index < -0.39 is 6.04 Å². The van der Waals surface area contributed by atoms with Crippen LogP contribution >= 0.6 is 0 Å². The molecule has 2 saturated heterocycles. The molecule has 148 valence electrons. The van der Waals surface area contributed by atoms with Gasteiger partial charge in [0.25, 0.3) is 0 Å². The average molecular weight is 378 g/mol. The molecular formula is C18H26N4O5. The van der Waals surface area contributed by atoms with Crippen LogP contribution in [-0.4, -0.2) is 63.7 Å². The second-order valence-electron chi connectivity index (χ2n) is 6.77. The summed E-state index contributed by atoms with van der Waals surface area (Å²) < 4.78 is 16.1. The lowest BCUT2D eigenvalue weighted by Gasteiger charge is -2.17. The average Bonchev–Trinajstić information content (AvgIpc) is 3.27. The molecule has 2 fully saturated rings. The number of carbonyl (C=O) groups excluding carboxylic acids is 2. The fourth-order valence-corrected chi connectivity index (χ4v) is 3.51. The van der Waals surface area contributed by atoms with Gasteiger partial charge in [0.2, 0.25) is 17.6 Å². The monoisotopic (exact) mass is 378 g/mol. The van der Waals surface area contributed by atoms with E-state index in [2.05, 4.69) is 16.2 Å². The number of likely N-dealkylation sites (tertiary alicyclic amines) is 1. The van der Waals surface area contributed by atoms with Crippen molar-refractivity contribution in [2.24, 2.45) is 0 Å². The molecule has 2 heterocycles. The van der Waals surface area contributed by atoms with Crippen molar-refractivity contribution in [3.63, 3.8) is 0 Å². The van der Waals surface area contributed by atoms with E-state index in [1.807, 2.05) is 12.1 Å². The van der Waals surface area contributed by atoms with E-state index in [1.54, 1.807) is 33.3 Å². The Morgan fingerprint density at radius 2 is 1.81 bits per heavy atom. The topological polar surface area (TPSA) is 101 Å². The van der Waals surface area contributed by atoms with Gasteiger partial charge in [0.05, 0.1) is 27.4 Å². The molecule has 3 atom stereocenters. The predicted molar refractivity (Wildman–Crippen MR) is 97.7 cm³/mol. The van der Waals surface area contributed by atoms with E-state index in [9.17, 15) is 9.59 Å². The Morgan fingerprint density at radius 1 is 1.15 bits per heavy atom. The number of methoxy groups -OCH3 is 3. The highest BCUT2D eigenvalue weighted by Gasteiger charge is 2.34. The second-order valence-corrected chi connectivity index (χ2v) is 6.77. The highest BCUT2D eigenvalue weighted by molar-refractivity contribution is 5.85. The number of amides is 2. The molecule has 3 N–H and O–H groups in total. The van der Waals surface area contributed by atoms with Gasteiger partial charge in [0, 0.05) is 26.1 Å². The zero-order chi connectivity index (χ0) is 19.6. The minimum absolute atomic E-state index is 0.0492. The van der Waals surface area contributed by atoms with Crippen LogP contribution in [0.3, 0.4) is 0 Å². The highest BCUT2D eigenvalue weighted by Crippen LogP contribution is 2.40. The largest absolute Gasteiger partial charge is 0.493 e. The van der Waals surface area contributed by atoms with Crippen molar-refractivity contribution in [3.8, 4) is 17.2 Å².